The van der Waals surface area contributed by atoms with Gasteiger partial charge in [0, 0.05) is 74.6 Å². The van der Waals surface area contributed by atoms with Crippen LogP contribution in [-0.4, -0.2) is 72.7 Å². The van der Waals surface area contributed by atoms with E-state index in [1.807, 2.05) is 35.9 Å². The summed E-state index contributed by atoms with van der Waals surface area (Å²) in [6.45, 7) is 6.36. The van der Waals surface area contributed by atoms with E-state index in [0.717, 1.165) is 55.9 Å². The van der Waals surface area contributed by atoms with Crippen LogP contribution in [0.5, 0.6) is 5.75 Å². The molecular weight excluding hydrogens is 400 g/mol. The third-order valence-electron chi connectivity index (χ3n) is 7.91. The van der Waals surface area contributed by atoms with Crippen LogP contribution in [0.3, 0.4) is 0 Å². The van der Waals surface area contributed by atoms with Gasteiger partial charge in [-0.2, -0.15) is 0 Å². The predicted octanol–water partition coefficient (Wildman–Crippen LogP) is 2.48. The summed E-state index contributed by atoms with van der Waals surface area (Å²) in [4.78, 5) is 18.9. The number of nitrogens with one attached hydrogen (secondary N) is 1. The molecule has 2 aromatic carbocycles. The second-order valence-corrected chi connectivity index (χ2v) is 9.72. The van der Waals surface area contributed by atoms with Crippen LogP contribution in [0.15, 0.2) is 54.6 Å². The van der Waals surface area contributed by atoms with Gasteiger partial charge in [-0.25, -0.2) is 0 Å². The molecule has 3 aromatic rings. The lowest BCUT2D eigenvalue weighted by Gasteiger charge is -2.55. The van der Waals surface area contributed by atoms with Crippen LogP contribution in [0.4, 0.5) is 0 Å². The Hall–Kier alpha value is -2.83. The second-order valence-electron chi connectivity index (χ2n) is 9.72. The number of piperidine rings is 2. The third-order valence-corrected chi connectivity index (χ3v) is 7.91. The van der Waals surface area contributed by atoms with Crippen molar-refractivity contribution in [3.05, 3.63) is 65.9 Å². The van der Waals surface area contributed by atoms with E-state index < -0.39 is 0 Å². The molecule has 0 aliphatic carbocycles. The molecule has 4 aliphatic rings. The quantitative estimate of drug-likeness (QED) is 0.691. The van der Waals surface area contributed by atoms with Gasteiger partial charge in [-0.3, -0.25) is 4.79 Å². The summed E-state index contributed by atoms with van der Waals surface area (Å²) in [7, 11) is 3.64. The number of benzene rings is 2. The molecule has 4 bridgehead atoms. The Morgan fingerprint density at radius 2 is 1.75 bits per heavy atom. The monoisotopic (exact) mass is 430 g/mol. The van der Waals surface area contributed by atoms with E-state index in [-0.39, 0.29) is 17.4 Å². The number of carbonyl (C=O) groups is 1. The molecule has 32 heavy (non-hydrogen) atoms. The Kier molecular flexibility index (Phi) is 4.56. The molecule has 2 unspecified atom stereocenters. The van der Waals surface area contributed by atoms with Gasteiger partial charge in [-0.1, -0.05) is 30.3 Å². The zero-order valence-corrected chi connectivity index (χ0v) is 18.8. The summed E-state index contributed by atoms with van der Waals surface area (Å²) in [5, 5.41) is 4.55. The standard InChI is InChI=1S/C26H30N4O2/c1-28-22-9-8-21(32-2)12-18(22)13-23(28)25(31)27-24-19-14-29-10-11-30(15-19)17-26(24,16-29)20-6-4-3-5-7-20/h3-9,12-13,19,24H,10-11,14-17H2,1-2H3,(H,27,31)/t19?,24-,26?/m0/s1. The number of aryl methyl sites for hydroxylation is 1. The molecule has 6 nitrogen and oxygen atoms in total. The van der Waals surface area contributed by atoms with Crippen molar-refractivity contribution in [2.75, 3.05) is 46.4 Å². The number of carbonyl (C=O) groups excluding carboxylic acids is 1. The van der Waals surface area contributed by atoms with Gasteiger partial charge < -0.3 is 24.4 Å². The number of fused-ring (bicyclic) bond motifs is 2. The van der Waals surface area contributed by atoms with Crippen LogP contribution in [0.2, 0.25) is 0 Å². The first-order chi connectivity index (χ1) is 15.6. The highest BCUT2D eigenvalue weighted by Crippen LogP contribution is 2.43. The molecule has 4 aliphatic heterocycles. The van der Waals surface area contributed by atoms with E-state index in [2.05, 4.69) is 45.4 Å². The van der Waals surface area contributed by atoms with E-state index >= 15 is 0 Å². The van der Waals surface area contributed by atoms with Gasteiger partial charge in [0.15, 0.2) is 0 Å². The maximum absolute atomic E-state index is 13.7. The highest BCUT2D eigenvalue weighted by atomic mass is 16.5. The minimum absolute atomic E-state index is 0.0131. The van der Waals surface area contributed by atoms with Gasteiger partial charge in [-0.15, -0.1) is 0 Å². The lowest BCUT2D eigenvalue weighted by atomic mass is 9.64. The number of aromatic nitrogens is 1. The maximum Gasteiger partial charge on any atom is 0.268 e. The summed E-state index contributed by atoms with van der Waals surface area (Å²) in [6, 6.07) is 18.9. The van der Waals surface area contributed by atoms with E-state index in [1.54, 1.807) is 7.11 Å². The zero-order chi connectivity index (χ0) is 21.9. The molecule has 4 fully saturated rings. The fourth-order valence-corrected chi connectivity index (χ4v) is 6.46. The highest BCUT2D eigenvalue weighted by molar-refractivity contribution is 5.99. The number of rotatable bonds is 4. The normalized spacial score (nSPS) is 30.9. The van der Waals surface area contributed by atoms with Crippen LogP contribution in [0.25, 0.3) is 10.9 Å². The summed E-state index contributed by atoms with van der Waals surface area (Å²) < 4.78 is 7.37. The number of hydrogen-bond donors (Lipinski definition) is 1. The van der Waals surface area contributed by atoms with E-state index in [0.29, 0.717) is 11.6 Å². The molecule has 0 spiro atoms. The Labute approximate surface area is 188 Å². The minimum atomic E-state index is -0.0810. The first-order valence-electron chi connectivity index (χ1n) is 11.5. The largest absolute Gasteiger partial charge is 0.497 e. The van der Waals surface area contributed by atoms with Crippen molar-refractivity contribution in [2.24, 2.45) is 13.0 Å². The fraction of sp³-hybridized carbons (Fsp3) is 0.423. The van der Waals surface area contributed by atoms with Gasteiger partial charge >= 0.3 is 0 Å². The topological polar surface area (TPSA) is 49.7 Å². The SMILES string of the molecule is COc1ccc2c(c1)cc(C(=O)N[C@H]1C3CN4CCN(C3)CC1(c1ccccc1)C4)n2C. The number of hydrogen-bond acceptors (Lipinski definition) is 4. The molecular formula is C26H30N4O2. The minimum Gasteiger partial charge on any atom is -0.497 e. The molecule has 1 aromatic heterocycles. The number of ether oxygens (including phenoxy) is 1. The molecule has 5 heterocycles. The smallest absolute Gasteiger partial charge is 0.268 e. The average molecular weight is 431 g/mol. The maximum atomic E-state index is 13.7. The summed E-state index contributed by atoms with van der Waals surface area (Å²) in [6.07, 6.45) is 0. The average Bonchev–Trinajstić information content (AvgIpc) is 2.94. The predicted molar refractivity (Wildman–Crippen MR) is 125 cm³/mol. The molecule has 166 valence electrons. The first-order valence-corrected chi connectivity index (χ1v) is 11.5. The number of methoxy groups -OCH3 is 1. The summed E-state index contributed by atoms with van der Waals surface area (Å²) >= 11 is 0. The zero-order valence-electron chi connectivity index (χ0n) is 18.8. The molecule has 7 rings (SSSR count). The van der Waals surface area contributed by atoms with Crippen molar-refractivity contribution < 1.29 is 9.53 Å². The molecule has 0 saturated carbocycles. The van der Waals surface area contributed by atoms with Crippen LogP contribution in [-0.2, 0) is 12.5 Å². The van der Waals surface area contributed by atoms with Crippen LogP contribution >= 0.6 is 0 Å². The Bertz CT molecular complexity index is 1160. The van der Waals surface area contributed by atoms with Crippen LogP contribution in [0, 0.1) is 5.92 Å². The van der Waals surface area contributed by atoms with Crippen molar-refractivity contribution in [3.63, 3.8) is 0 Å². The van der Waals surface area contributed by atoms with E-state index in [4.69, 9.17) is 4.74 Å². The molecule has 3 atom stereocenters. The molecule has 4 saturated heterocycles. The van der Waals surface area contributed by atoms with Crippen molar-refractivity contribution in [3.8, 4) is 5.75 Å². The van der Waals surface area contributed by atoms with Crippen molar-refractivity contribution in [1.29, 1.82) is 0 Å². The highest BCUT2D eigenvalue weighted by Gasteiger charge is 2.55. The lowest BCUT2D eigenvalue weighted by molar-refractivity contribution is 0.0179. The van der Waals surface area contributed by atoms with Gasteiger partial charge in [0.2, 0.25) is 0 Å². The lowest BCUT2D eigenvalue weighted by Crippen LogP contribution is -2.70. The summed E-state index contributed by atoms with van der Waals surface area (Å²) in [5.74, 6) is 1.25. The van der Waals surface area contributed by atoms with Crippen molar-refractivity contribution >= 4 is 16.8 Å². The van der Waals surface area contributed by atoms with Gasteiger partial charge in [0.05, 0.1) is 7.11 Å². The Balaban J connectivity index is 1.38. The van der Waals surface area contributed by atoms with Gasteiger partial charge in [0.25, 0.3) is 5.91 Å². The van der Waals surface area contributed by atoms with Crippen LogP contribution < -0.4 is 10.1 Å². The van der Waals surface area contributed by atoms with Crippen molar-refractivity contribution in [1.82, 2.24) is 19.7 Å². The van der Waals surface area contributed by atoms with Gasteiger partial charge in [-0.05, 0) is 29.8 Å². The van der Waals surface area contributed by atoms with Crippen LogP contribution in [0.1, 0.15) is 16.1 Å². The molecule has 1 N–H and O–H groups in total. The van der Waals surface area contributed by atoms with Crippen molar-refractivity contribution in [2.45, 2.75) is 11.5 Å². The summed E-state index contributed by atoms with van der Waals surface area (Å²) in [5.41, 5.74) is 2.99. The Morgan fingerprint density at radius 1 is 1.03 bits per heavy atom. The van der Waals surface area contributed by atoms with E-state index in [9.17, 15) is 4.79 Å². The first kappa shape index (κ1) is 19.8. The second kappa shape index (κ2) is 7.36. The molecule has 0 radical (unpaired) electrons. The number of nitrogens with zero attached hydrogens (tertiary/aromatic N) is 3. The third kappa shape index (κ3) is 2.97. The van der Waals surface area contributed by atoms with Gasteiger partial charge in [0.1, 0.15) is 11.4 Å². The Morgan fingerprint density at radius 3 is 2.44 bits per heavy atom. The molecule has 1 amide bonds. The number of amides is 1. The van der Waals surface area contributed by atoms with E-state index in [1.165, 1.54) is 5.56 Å². The fourth-order valence-electron chi connectivity index (χ4n) is 6.46. The molecule has 6 heteroatoms.